The van der Waals surface area contributed by atoms with Crippen LogP contribution in [0.3, 0.4) is 0 Å². The molecule has 0 bridgehead atoms. The van der Waals surface area contributed by atoms with Crippen molar-refractivity contribution in [2.45, 2.75) is 30.2 Å². The molecule has 1 amide bonds. The van der Waals surface area contributed by atoms with Gasteiger partial charge in [-0.25, -0.2) is 12.8 Å². The summed E-state index contributed by atoms with van der Waals surface area (Å²) in [7, 11) is -3.86. The summed E-state index contributed by atoms with van der Waals surface area (Å²) >= 11 is 0. The topological polar surface area (TPSA) is 71.4 Å². The highest BCUT2D eigenvalue weighted by Crippen LogP contribution is 2.30. The van der Waals surface area contributed by atoms with Crippen molar-refractivity contribution in [2.75, 3.05) is 26.2 Å². The van der Waals surface area contributed by atoms with Crippen LogP contribution in [0.25, 0.3) is 10.9 Å². The number of carbonyl (C=O) groups is 1. The van der Waals surface area contributed by atoms with Crippen molar-refractivity contribution in [2.24, 2.45) is 0 Å². The van der Waals surface area contributed by atoms with Gasteiger partial charge in [0.25, 0.3) is 0 Å². The van der Waals surface area contributed by atoms with Gasteiger partial charge in [0.2, 0.25) is 15.7 Å². The zero-order valence-corrected chi connectivity index (χ0v) is 18.0. The summed E-state index contributed by atoms with van der Waals surface area (Å²) < 4.78 is 41.1. The van der Waals surface area contributed by atoms with Crippen molar-refractivity contribution >= 4 is 26.6 Å². The first kappa shape index (κ1) is 22.0. The number of benzene rings is 2. The van der Waals surface area contributed by atoms with Gasteiger partial charge in [-0.3, -0.25) is 4.79 Å². The molecule has 0 aliphatic carbocycles. The standard InChI is InChI=1S/C22H26FN3O3S/c1-3-25(4-2)14-13-24-22(27)16-26-15-21(19-7-5-6-8-20(19)26)30(28,29)18-11-9-17(23)10-12-18/h5-12,15H,3-4,13-14,16H2,1-2H3,(H,24,27). The Morgan fingerprint density at radius 1 is 1.07 bits per heavy atom. The maximum absolute atomic E-state index is 13.2. The molecule has 3 aromatic rings. The molecule has 6 nitrogen and oxygen atoms in total. The van der Waals surface area contributed by atoms with Gasteiger partial charge in [0.15, 0.2) is 0 Å². The number of halogens is 1. The van der Waals surface area contributed by atoms with Crippen LogP contribution < -0.4 is 5.32 Å². The molecule has 30 heavy (non-hydrogen) atoms. The Morgan fingerprint density at radius 3 is 2.40 bits per heavy atom. The molecule has 0 saturated heterocycles. The highest BCUT2D eigenvalue weighted by molar-refractivity contribution is 7.91. The predicted octanol–water partition coefficient (Wildman–Crippen LogP) is 3.07. The second kappa shape index (κ2) is 9.40. The van der Waals surface area contributed by atoms with E-state index in [1.165, 1.54) is 18.3 Å². The Morgan fingerprint density at radius 2 is 1.73 bits per heavy atom. The summed E-state index contributed by atoms with van der Waals surface area (Å²) in [5, 5.41) is 3.41. The summed E-state index contributed by atoms with van der Waals surface area (Å²) in [5.41, 5.74) is 0.650. The fraction of sp³-hybridized carbons (Fsp3) is 0.318. The normalized spacial score (nSPS) is 11.9. The van der Waals surface area contributed by atoms with Crippen LogP contribution in [0.5, 0.6) is 0 Å². The summed E-state index contributed by atoms with van der Waals surface area (Å²) in [6.07, 6.45) is 1.48. The minimum absolute atomic E-state index is 0.00970. The lowest BCUT2D eigenvalue weighted by atomic mass is 10.2. The SMILES string of the molecule is CCN(CC)CCNC(=O)Cn1cc(S(=O)(=O)c2ccc(F)cc2)c2ccccc21. The lowest BCUT2D eigenvalue weighted by Crippen LogP contribution is -2.36. The Balaban J connectivity index is 1.85. The molecule has 1 aromatic heterocycles. The molecule has 160 valence electrons. The number of amides is 1. The van der Waals surface area contributed by atoms with E-state index in [0.717, 1.165) is 31.8 Å². The van der Waals surface area contributed by atoms with Gasteiger partial charge in [-0.2, -0.15) is 0 Å². The van der Waals surface area contributed by atoms with Crippen LogP contribution in [0.1, 0.15) is 13.8 Å². The van der Waals surface area contributed by atoms with E-state index < -0.39 is 15.7 Å². The van der Waals surface area contributed by atoms with E-state index in [-0.39, 0.29) is 22.2 Å². The smallest absolute Gasteiger partial charge is 0.239 e. The molecule has 0 unspecified atom stereocenters. The van der Waals surface area contributed by atoms with E-state index in [4.69, 9.17) is 0 Å². The van der Waals surface area contributed by atoms with Gasteiger partial charge >= 0.3 is 0 Å². The molecule has 0 atom stereocenters. The lowest BCUT2D eigenvalue weighted by molar-refractivity contribution is -0.121. The third kappa shape index (κ3) is 4.71. The van der Waals surface area contributed by atoms with Crippen LogP contribution in [0.15, 0.2) is 64.5 Å². The van der Waals surface area contributed by atoms with Gasteiger partial charge in [-0.15, -0.1) is 0 Å². The molecule has 0 saturated carbocycles. The molecule has 0 aliphatic rings. The third-order valence-corrected chi connectivity index (χ3v) is 6.92. The maximum Gasteiger partial charge on any atom is 0.239 e. The van der Waals surface area contributed by atoms with Gasteiger partial charge < -0.3 is 14.8 Å². The molecule has 0 aliphatic heterocycles. The third-order valence-electron chi connectivity index (χ3n) is 5.12. The number of para-hydroxylation sites is 1. The van der Waals surface area contributed by atoms with Crippen LogP contribution in [0, 0.1) is 5.82 Å². The first-order valence-corrected chi connectivity index (χ1v) is 11.4. The largest absolute Gasteiger partial charge is 0.353 e. The lowest BCUT2D eigenvalue weighted by Gasteiger charge is -2.18. The number of carbonyl (C=O) groups excluding carboxylic acids is 1. The number of aromatic nitrogens is 1. The number of hydrogen-bond acceptors (Lipinski definition) is 4. The Kier molecular flexibility index (Phi) is 6.89. The van der Waals surface area contributed by atoms with E-state index in [0.29, 0.717) is 17.4 Å². The zero-order chi connectivity index (χ0) is 21.7. The second-order valence-corrected chi connectivity index (χ2v) is 8.89. The van der Waals surface area contributed by atoms with Gasteiger partial charge in [0, 0.05) is 30.2 Å². The molecule has 2 aromatic carbocycles. The fourth-order valence-electron chi connectivity index (χ4n) is 3.40. The zero-order valence-electron chi connectivity index (χ0n) is 17.1. The summed E-state index contributed by atoms with van der Waals surface area (Å²) in [4.78, 5) is 14.8. The van der Waals surface area contributed by atoms with Crippen molar-refractivity contribution in [3.8, 4) is 0 Å². The average molecular weight is 432 g/mol. The highest BCUT2D eigenvalue weighted by Gasteiger charge is 2.24. The molecular formula is C22H26FN3O3S. The molecule has 0 radical (unpaired) electrons. The van der Waals surface area contributed by atoms with Crippen molar-refractivity contribution in [3.05, 3.63) is 60.5 Å². The summed E-state index contributed by atoms with van der Waals surface area (Å²) in [5.74, 6) is -0.689. The van der Waals surface area contributed by atoms with Crippen molar-refractivity contribution in [3.63, 3.8) is 0 Å². The van der Waals surface area contributed by atoms with Crippen LogP contribution in [-0.4, -0.2) is 50.0 Å². The summed E-state index contributed by atoms with van der Waals surface area (Å²) in [6, 6.07) is 11.8. The van der Waals surface area contributed by atoms with E-state index >= 15 is 0 Å². The van der Waals surface area contributed by atoms with Crippen LogP contribution in [0.4, 0.5) is 4.39 Å². The molecule has 8 heteroatoms. The Bertz CT molecular complexity index is 1120. The molecule has 1 N–H and O–H groups in total. The number of nitrogens with zero attached hydrogens (tertiary/aromatic N) is 2. The minimum atomic E-state index is -3.86. The predicted molar refractivity (Wildman–Crippen MR) is 115 cm³/mol. The van der Waals surface area contributed by atoms with Crippen LogP contribution in [0.2, 0.25) is 0 Å². The number of hydrogen-bond donors (Lipinski definition) is 1. The first-order valence-electron chi connectivity index (χ1n) is 9.94. The van der Waals surface area contributed by atoms with E-state index in [1.807, 2.05) is 0 Å². The van der Waals surface area contributed by atoms with Crippen molar-refractivity contribution < 1.29 is 17.6 Å². The molecule has 0 fully saturated rings. The molecule has 3 rings (SSSR count). The van der Waals surface area contributed by atoms with E-state index in [1.54, 1.807) is 28.8 Å². The van der Waals surface area contributed by atoms with E-state index in [2.05, 4.69) is 24.1 Å². The van der Waals surface area contributed by atoms with Crippen LogP contribution >= 0.6 is 0 Å². The first-order chi connectivity index (χ1) is 14.4. The molecule has 1 heterocycles. The Labute approximate surface area is 176 Å². The quantitative estimate of drug-likeness (QED) is 0.529. The minimum Gasteiger partial charge on any atom is -0.353 e. The van der Waals surface area contributed by atoms with Crippen LogP contribution in [-0.2, 0) is 21.2 Å². The Hall–Kier alpha value is -2.71. The number of nitrogens with one attached hydrogen (secondary N) is 1. The average Bonchev–Trinajstić information content (AvgIpc) is 3.11. The summed E-state index contributed by atoms with van der Waals surface area (Å²) in [6.45, 7) is 7.27. The number of likely N-dealkylation sites (N-methyl/N-ethyl adjacent to an activating group) is 1. The molecular weight excluding hydrogens is 405 g/mol. The van der Waals surface area contributed by atoms with Gasteiger partial charge in [-0.05, 0) is 43.4 Å². The molecule has 0 spiro atoms. The number of fused-ring (bicyclic) bond motifs is 1. The van der Waals surface area contributed by atoms with Crippen molar-refractivity contribution in [1.82, 2.24) is 14.8 Å². The van der Waals surface area contributed by atoms with E-state index in [9.17, 15) is 17.6 Å². The van der Waals surface area contributed by atoms with Gasteiger partial charge in [0.05, 0.1) is 9.79 Å². The monoisotopic (exact) mass is 431 g/mol. The number of rotatable bonds is 9. The fourth-order valence-corrected chi connectivity index (χ4v) is 4.88. The van der Waals surface area contributed by atoms with Crippen molar-refractivity contribution in [1.29, 1.82) is 0 Å². The second-order valence-electron chi connectivity index (χ2n) is 6.97. The van der Waals surface area contributed by atoms with Gasteiger partial charge in [0.1, 0.15) is 12.4 Å². The highest BCUT2D eigenvalue weighted by atomic mass is 32.2. The number of sulfone groups is 1. The van der Waals surface area contributed by atoms with Gasteiger partial charge in [-0.1, -0.05) is 32.0 Å². The maximum atomic E-state index is 13.2.